The zero-order valence-electron chi connectivity index (χ0n) is 12.7. The lowest BCUT2D eigenvalue weighted by atomic mass is 10.3. The van der Waals surface area contributed by atoms with Gasteiger partial charge in [0.15, 0.2) is 10.3 Å². The Labute approximate surface area is 142 Å². The number of nitrogens with one attached hydrogen (secondary N) is 1. The smallest absolute Gasteiger partial charge is 0.270 e. The number of amides is 1. The fourth-order valence-electron chi connectivity index (χ4n) is 2.73. The number of aromatic amines is 1. The second kappa shape index (κ2) is 6.29. The van der Waals surface area contributed by atoms with Crippen LogP contribution in [0.4, 0.5) is 0 Å². The standard InChI is InChI=1S/C14H18BrN3O4S/c1-2-7-23(20,21)18-5-3-17(4-6-18)14(19)11-8-12-10(16-11)9-13(15)22-12/h8-9,16H,2-7H2,1H3. The summed E-state index contributed by atoms with van der Waals surface area (Å²) < 4.78 is 31.6. The van der Waals surface area contributed by atoms with Crippen LogP contribution in [0.2, 0.25) is 0 Å². The molecule has 3 heterocycles. The molecule has 0 unspecified atom stereocenters. The lowest BCUT2D eigenvalue weighted by Gasteiger charge is -2.33. The van der Waals surface area contributed by atoms with Crippen molar-refractivity contribution in [2.75, 3.05) is 31.9 Å². The van der Waals surface area contributed by atoms with Gasteiger partial charge in [-0.2, -0.15) is 4.31 Å². The van der Waals surface area contributed by atoms with Crippen LogP contribution in [0.1, 0.15) is 23.8 Å². The molecular weight excluding hydrogens is 386 g/mol. The number of piperazine rings is 1. The van der Waals surface area contributed by atoms with E-state index in [2.05, 4.69) is 20.9 Å². The average molecular weight is 404 g/mol. The van der Waals surface area contributed by atoms with Crippen molar-refractivity contribution in [3.8, 4) is 0 Å². The van der Waals surface area contributed by atoms with Gasteiger partial charge in [-0.1, -0.05) is 6.92 Å². The zero-order valence-corrected chi connectivity index (χ0v) is 15.1. The lowest BCUT2D eigenvalue weighted by molar-refractivity contribution is 0.0693. The molecule has 1 saturated heterocycles. The molecule has 0 atom stereocenters. The number of halogens is 1. The number of aromatic nitrogens is 1. The molecule has 0 aliphatic carbocycles. The molecule has 0 saturated carbocycles. The van der Waals surface area contributed by atoms with Gasteiger partial charge in [0.2, 0.25) is 10.0 Å². The Hall–Kier alpha value is -1.32. The average Bonchev–Trinajstić information content (AvgIpc) is 3.04. The highest BCUT2D eigenvalue weighted by Crippen LogP contribution is 2.24. The van der Waals surface area contributed by atoms with E-state index in [-0.39, 0.29) is 11.7 Å². The maximum Gasteiger partial charge on any atom is 0.270 e. The van der Waals surface area contributed by atoms with E-state index in [1.165, 1.54) is 4.31 Å². The van der Waals surface area contributed by atoms with Crippen molar-refractivity contribution in [2.24, 2.45) is 0 Å². The van der Waals surface area contributed by atoms with Crippen LogP contribution < -0.4 is 0 Å². The predicted molar refractivity (Wildman–Crippen MR) is 89.8 cm³/mol. The predicted octanol–water partition coefficient (Wildman–Crippen LogP) is 2.02. The summed E-state index contributed by atoms with van der Waals surface area (Å²) in [5, 5.41) is 0. The number of nitrogens with zero attached hydrogens (tertiary/aromatic N) is 2. The summed E-state index contributed by atoms with van der Waals surface area (Å²) in [6.45, 7) is 3.32. The molecule has 1 N–H and O–H groups in total. The number of fused-ring (bicyclic) bond motifs is 1. The van der Waals surface area contributed by atoms with Gasteiger partial charge >= 0.3 is 0 Å². The van der Waals surface area contributed by atoms with E-state index < -0.39 is 10.0 Å². The monoisotopic (exact) mass is 403 g/mol. The number of hydrogen-bond donors (Lipinski definition) is 1. The third-order valence-corrected chi connectivity index (χ3v) is 6.35. The molecule has 0 aromatic carbocycles. The topological polar surface area (TPSA) is 86.6 Å². The van der Waals surface area contributed by atoms with Crippen molar-refractivity contribution >= 4 is 43.0 Å². The lowest BCUT2D eigenvalue weighted by Crippen LogP contribution is -2.51. The Morgan fingerprint density at radius 2 is 2.00 bits per heavy atom. The second-order valence-corrected chi connectivity index (χ2v) is 8.39. The molecule has 1 fully saturated rings. The summed E-state index contributed by atoms with van der Waals surface area (Å²) in [5.74, 6) is 0.0168. The van der Waals surface area contributed by atoms with Gasteiger partial charge in [0, 0.05) is 38.3 Å². The summed E-state index contributed by atoms with van der Waals surface area (Å²) in [5.41, 5.74) is 1.82. The number of rotatable bonds is 4. The molecule has 7 nitrogen and oxygen atoms in total. The van der Waals surface area contributed by atoms with Gasteiger partial charge in [0.1, 0.15) is 5.69 Å². The third kappa shape index (κ3) is 3.31. The molecule has 1 amide bonds. The van der Waals surface area contributed by atoms with Crippen LogP contribution in [0, 0.1) is 0 Å². The Kier molecular flexibility index (Phi) is 4.52. The van der Waals surface area contributed by atoms with Gasteiger partial charge in [0.05, 0.1) is 11.3 Å². The van der Waals surface area contributed by atoms with E-state index in [4.69, 9.17) is 4.42 Å². The molecule has 126 valence electrons. The van der Waals surface area contributed by atoms with Crippen molar-refractivity contribution in [3.05, 3.63) is 22.5 Å². The van der Waals surface area contributed by atoms with Crippen molar-refractivity contribution in [2.45, 2.75) is 13.3 Å². The van der Waals surface area contributed by atoms with Crippen molar-refractivity contribution in [1.82, 2.24) is 14.2 Å². The number of sulfonamides is 1. The van der Waals surface area contributed by atoms with Crippen LogP contribution in [0.25, 0.3) is 11.1 Å². The number of carbonyl (C=O) groups excluding carboxylic acids is 1. The summed E-state index contributed by atoms with van der Waals surface area (Å²) in [6.07, 6.45) is 0.596. The van der Waals surface area contributed by atoms with Crippen LogP contribution in [0.5, 0.6) is 0 Å². The number of carbonyl (C=O) groups is 1. The first kappa shape index (κ1) is 16.5. The Balaban J connectivity index is 1.67. The van der Waals surface area contributed by atoms with E-state index >= 15 is 0 Å². The highest BCUT2D eigenvalue weighted by atomic mass is 79.9. The fourth-order valence-corrected chi connectivity index (χ4v) is 4.63. The van der Waals surface area contributed by atoms with Crippen LogP contribution in [-0.2, 0) is 10.0 Å². The normalized spacial score (nSPS) is 17.0. The van der Waals surface area contributed by atoms with Crippen LogP contribution >= 0.6 is 15.9 Å². The van der Waals surface area contributed by atoms with Crippen molar-refractivity contribution < 1.29 is 17.6 Å². The van der Waals surface area contributed by atoms with E-state index in [0.29, 0.717) is 48.5 Å². The highest BCUT2D eigenvalue weighted by molar-refractivity contribution is 9.10. The number of H-pyrrole nitrogens is 1. The molecule has 0 bridgehead atoms. The minimum absolute atomic E-state index is 0.139. The second-order valence-electron chi connectivity index (χ2n) is 5.52. The molecule has 1 aliphatic rings. The Morgan fingerprint density at radius 1 is 1.30 bits per heavy atom. The molecule has 2 aromatic heterocycles. The molecule has 2 aromatic rings. The molecule has 9 heteroatoms. The molecule has 3 rings (SSSR count). The fraction of sp³-hybridized carbons (Fsp3) is 0.500. The highest BCUT2D eigenvalue weighted by Gasteiger charge is 2.29. The molecular formula is C14H18BrN3O4S. The van der Waals surface area contributed by atoms with Gasteiger partial charge < -0.3 is 14.3 Å². The third-order valence-electron chi connectivity index (χ3n) is 3.89. The van der Waals surface area contributed by atoms with E-state index in [1.54, 1.807) is 17.0 Å². The minimum Gasteiger partial charge on any atom is -0.448 e. The molecule has 23 heavy (non-hydrogen) atoms. The summed E-state index contributed by atoms with van der Waals surface area (Å²) >= 11 is 3.24. The summed E-state index contributed by atoms with van der Waals surface area (Å²) in [4.78, 5) is 17.2. The molecule has 0 spiro atoms. The SMILES string of the molecule is CCCS(=O)(=O)N1CCN(C(=O)c2cc3oc(Br)cc3[nH]2)CC1. The van der Waals surface area contributed by atoms with Crippen LogP contribution in [0.15, 0.2) is 21.2 Å². The van der Waals surface area contributed by atoms with Gasteiger partial charge in [-0.15, -0.1) is 0 Å². The van der Waals surface area contributed by atoms with Crippen LogP contribution in [0.3, 0.4) is 0 Å². The maximum atomic E-state index is 12.5. The minimum atomic E-state index is -3.20. The number of hydrogen-bond acceptors (Lipinski definition) is 4. The first-order chi connectivity index (χ1) is 10.9. The van der Waals surface area contributed by atoms with Crippen molar-refractivity contribution in [1.29, 1.82) is 0 Å². The van der Waals surface area contributed by atoms with E-state index in [1.807, 2.05) is 6.92 Å². The van der Waals surface area contributed by atoms with Gasteiger partial charge in [-0.25, -0.2) is 8.42 Å². The molecule has 0 radical (unpaired) electrons. The molecule has 1 aliphatic heterocycles. The van der Waals surface area contributed by atoms with E-state index in [9.17, 15) is 13.2 Å². The zero-order chi connectivity index (χ0) is 16.6. The first-order valence-corrected chi connectivity index (χ1v) is 9.86. The number of furan rings is 1. The quantitative estimate of drug-likeness (QED) is 0.845. The summed E-state index contributed by atoms with van der Waals surface area (Å²) in [7, 11) is -3.20. The Morgan fingerprint density at radius 3 is 2.61 bits per heavy atom. The Bertz CT molecular complexity index is 787. The largest absolute Gasteiger partial charge is 0.448 e. The summed E-state index contributed by atoms with van der Waals surface area (Å²) in [6, 6.07) is 3.43. The van der Waals surface area contributed by atoms with E-state index in [0.717, 1.165) is 5.52 Å². The first-order valence-electron chi connectivity index (χ1n) is 7.46. The van der Waals surface area contributed by atoms with Gasteiger partial charge in [0.25, 0.3) is 5.91 Å². The van der Waals surface area contributed by atoms with Crippen LogP contribution in [-0.4, -0.2) is 60.4 Å². The van der Waals surface area contributed by atoms with Crippen molar-refractivity contribution in [3.63, 3.8) is 0 Å². The van der Waals surface area contributed by atoms with Gasteiger partial charge in [-0.05, 0) is 22.4 Å². The van der Waals surface area contributed by atoms with Gasteiger partial charge in [-0.3, -0.25) is 4.79 Å². The maximum absolute atomic E-state index is 12.5.